The molecule has 182 valence electrons. The molecule has 3 rings (SSSR count). The highest BCUT2D eigenvalue weighted by Crippen LogP contribution is 2.32. The van der Waals surface area contributed by atoms with Crippen LogP contribution in [0.1, 0.15) is 25.0 Å². The van der Waals surface area contributed by atoms with Crippen LogP contribution < -0.4 is 29.6 Å². The summed E-state index contributed by atoms with van der Waals surface area (Å²) in [6.07, 6.45) is 0. The highest BCUT2D eigenvalue weighted by atomic mass is 127. The number of ether oxygens (including phenoxy) is 4. The van der Waals surface area contributed by atoms with Gasteiger partial charge in [0.2, 0.25) is 6.79 Å². The first-order valence-electron chi connectivity index (χ1n) is 11.0. The topological polar surface area (TPSA) is 76.6 Å². The van der Waals surface area contributed by atoms with Crippen molar-refractivity contribution in [2.75, 3.05) is 47.2 Å². The van der Waals surface area contributed by atoms with E-state index in [9.17, 15) is 0 Å². The average Bonchev–Trinajstić information content (AvgIpc) is 3.30. The van der Waals surface area contributed by atoms with Crippen molar-refractivity contribution in [1.82, 2.24) is 15.5 Å². The van der Waals surface area contributed by atoms with Crippen LogP contribution >= 0.6 is 24.0 Å². The second-order valence-corrected chi connectivity index (χ2v) is 7.33. The lowest BCUT2D eigenvalue weighted by atomic mass is 10.2. The molecule has 1 aliphatic rings. The minimum Gasteiger partial charge on any atom is -0.493 e. The zero-order valence-corrected chi connectivity index (χ0v) is 22.2. The molecule has 8 nitrogen and oxygen atoms in total. The molecule has 0 aromatic heterocycles. The number of methoxy groups -OCH3 is 1. The van der Waals surface area contributed by atoms with Gasteiger partial charge < -0.3 is 34.5 Å². The van der Waals surface area contributed by atoms with Crippen molar-refractivity contribution in [2.45, 2.75) is 26.9 Å². The number of nitrogens with zero attached hydrogens (tertiary/aromatic N) is 2. The van der Waals surface area contributed by atoms with E-state index >= 15 is 0 Å². The first-order chi connectivity index (χ1) is 15.7. The molecule has 1 heterocycles. The van der Waals surface area contributed by atoms with Gasteiger partial charge >= 0.3 is 0 Å². The second-order valence-electron chi connectivity index (χ2n) is 7.33. The third-order valence-electron chi connectivity index (χ3n) is 5.37. The molecular formula is C24H35IN4O4. The normalized spacial score (nSPS) is 12.3. The molecule has 33 heavy (non-hydrogen) atoms. The van der Waals surface area contributed by atoms with Gasteiger partial charge in [0.05, 0.1) is 7.11 Å². The molecule has 0 saturated carbocycles. The zero-order chi connectivity index (χ0) is 22.8. The minimum absolute atomic E-state index is 0. The summed E-state index contributed by atoms with van der Waals surface area (Å²) in [5.41, 5.74) is 2.16. The molecule has 0 bridgehead atoms. The molecule has 0 fully saturated rings. The fraction of sp³-hybridized carbons (Fsp3) is 0.458. The van der Waals surface area contributed by atoms with E-state index in [1.807, 2.05) is 36.4 Å². The Morgan fingerprint density at radius 1 is 0.970 bits per heavy atom. The van der Waals surface area contributed by atoms with Crippen LogP contribution in [0.4, 0.5) is 0 Å². The van der Waals surface area contributed by atoms with Crippen molar-refractivity contribution in [3.05, 3.63) is 47.5 Å². The smallest absolute Gasteiger partial charge is 0.231 e. The fourth-order valence-electron chi connectivity index (χ4n) is 3.41. The van der Waals surface area contributed by atoms with E-state index in [1.165, 1.54) is 0 Å². The molecule has 0 saturated heterocycles. The quantitative estimate of drug-likeness (QED) is 0.243. The molecule has 0 aliphatic carbocycles. The van der Waals surface area contributed by atoms with Gasteiger partial charge in [0.25, 0.3) is 0 Å². The fourth-order valence-corrected chi connectivity index (χ4v) is 3.41. The molecule has 2 N–H and O–H groups in total. The molecule has 0 amide bonds. The van der Waals surface area contributed by atoms with Crippen molar-refractivity contribution in [2.24, 2.45) is 4.99 Å². The Kier molecular flexibility index (Phi) is 11.4. The van der Waals surface area contributed by atoms with Crippen LogP contribution in [0.5, 0.6) is 23.0 Å². The van der Waals surface area contributed by atoms with Crippen LogP contribution in [0.15, 0.2) is 41.4 Å². The van der Waals surface area contributed by atoms with Crippen LogP contribution in [0.3, 0.4) is 0 Å². The van der Waals surface area contributed by atoms with Crippen molar-refractivity contribution in [1.29, 1.82) is 0 Å². The molecule has 2 aromatic carbocycles. The van der Waals surface area contributed by atoms with Gasteiger partial charge in [-0.25, -0.2) is 0 Å². The first kappa shape index (κ1) is 26.8. The number of guanidine groups is 1. The third kappa shape index (κ3) is 7.85. The molecule has 1 aliphatic heterocycles. The number of halogens is 1. The third-order valence-corrected chi connectivity index (χ3v) is 5.37. The Balaban J connectivity index is 0.00000385. The summed E-state index contributed by atoms with van der Waals surface area (Å²) in [7, 11) is 3.41. The van der Waals surface area contributed by atoms with Crippen LogP contribution in [0, 0.1) is 0 Å². The van der Waals surface area contributed by atoms with Crippen LogP contribution in [-0.4, -0.2) is 58.1 Å². The highest BCUT2D eigenvalue weighted by molar-refractivity contribution is 14.0. The number of likely N-dealkylation sites (N-methyl/N-ethyl adjacent to an activating group) is 1. The summed E-state index contributed by atoms with van der Waals surface area (Å²) in [6, 6.07) is 11.9. The SMILES string of the molecule is CCN(CC)CCOc1ccc(CNC(=NC)NCc2ccc3c(c2)OCO3)cc1OC.I. The van der Waals surface area contributed by atoms with E-state index in [-0.39, 0.29) is 30.8 Å². The zero-order valence-electron chi connectivity index (χ0n) is 19.8. The predicted octanol–water partition coefficient (Wildman–Crippen LogP) is 3.63. The summed E-state index contributed by atoms with van der Waals surface area (Å²) in [5, 5.41) is 6.65. The molecular weight excluding hydrogens is 535 g/mol. The van der Waals surface area contributed by atoms with Crippen LogP contribution in [0.2, 0.25) is 0 Å². The molecule has 0 spiro atoms. The molecule has 2 aromatic rings. The van der Waals surface area contributed by atoms with Gasteiger partial charge in [-0.1, -0.05) is 26.0 Å². The highest BCUT2D eigenvalue weighted by Gasteiger charge is 2.13. The van der Waals surface area contributed by atoms with Crippen LogP contribution in [-0.2, 0) is 13.1 Å². The van der Waals surface area contributed by atoms with E-state index in [1.54, 1.807) is 14.2 Å². The van der Waals surface area contributed by atoms with Crippen molar-refractivity contribution in [3.8, 4) is 23.0 Å². The molecule has 9 heteroatoms. The van der Waals surface area contributed by atoms with Crippen molar-refractivity contribution >= 4 is 29.9 Å². The molecule has 0 atom stereocenters. The maximum Gasteiger partial charge on any atom is 0.231 e. The van der Waals surface area contributed by atoms with Gasteiger partial charge in [0.15, 0.2) is 29.0 Å². The maximum absolute atomic E-state index is 5.94. The average molecular weight is 570 g/mol. The lowest BCUT2D eigenvalue weighted by Gasteiger charge is -2.19. The number of nitrogens with one attached hydrogen (secondary N) is 2. The Labute approximate surface area is 213 Å². The number of rotatable bonds is 11. The monoisotopic (exact) mass is 570 g/mol. The Bertz CT molecular complexity index is 906. The Morgan fingerprint density at radius 3 is 2.30 bits per heavy atom. The van der Waals surface area contributed by atoms with E-state index in [4.69, 9.17) is 18.9 Å². The first-order valence-corrected chi connectivity index (χ1v) is 11.0. The Hall–Kier alpha value is -2.40. The summed E-state index contributed by atoms with van der Waals surface area (Å²) in [4.78, 5) is 6.63. The number of fused-ring (bicyclic) bond motifs is 1. The van der Waals surface area contributed by atoms with Gasteiger partial charge in [-0.2, -0.15) is 0 Å². The number of benzene rings is 2. The lowest BCUT2D eigenvalue weighted by molar-refractivity contribution is 0.174. The van der Waals surface area contributed by atoms with E-state index in [0.29, 0.717) is 25.7 Å². The largest absolute Gasteiger partial charge is 0.493 e. The molecule has 0 radical (unpaired) electrons. The number of hydrogen-bond donors (Lipinski definition) is 2. The Morgan fingerprint density at radius 2 is 1.64 bits per heavy atom. The van der Waals surface area contributed by atoms with E-state index < -0.39 is 0 Å². The van der Waals surface area contributed by atoms with Gasteiger partial charge in [0, 0.05) is 26.7 Å². The van der Waals surface area contributed by atoms with Gasteiger partial charge in [0.1, 0.15) is 6.61 Å². The van der Waals surface area contributed by atoms with Gasteiger partial charge in [-0.3, -0.25) is 4.99 Å². The second kappa shape index (κ2) is 14.0. The lowest BCUT2D eigenvalue weighted by Crippen LogP contribution is -2.36. The summed E-state index contributed by atoms with van der Waals surface area (Å²) in [5.74, 6) is 3.76. The van der Waals surface area contributed by atoms with Crippen molar-refractivity contribution < 1.29 is 18.9 Å². The minimum atomic E-state index is 0. The summed E-state index contributed by atoms with van der Waals surface area (Å²) in [6.45, 7) is 9.38. The summed E-state index contributed by atoms with van der Waals surface area (Å²) < 4.78 is 22.3. The predicted molar refractivity (Wildman–Crippen MR) is 141 cm³/mol. The number of aliphatic imine (C=N–C) groups is 1. The standard InChI is InChI=1S/C24H34N4O4.HI/c1-5-28(6-2)11-12-30-20-9-7-18(13-22(20)29-4)15-26-24(25-3)27-16-19-8-10-21-23(14-19)32-17-31-21;/h7-10,13-14H,5-6,11-12,15-17H2,1-4H3,(H2,25,26,27);1H. The van der Waals surface area contributed by atoms with Gasteiger partial charge in [-0.15, -0.1) is 24.0 Å². The van der Waals surface area contributed by atoms with E-state index in [0.717, 1.165) is 53.8 Å². The maximum atomic E-state index is 5.94. The number of hydrogen-bond acceptors (Lipinski definition) is 6. The van der Waals surface area contributed by atoms with Crippen molar-refractivity contribution in [3.63, 3.8) is 0 Å². The van der Waals surface area contributed by atoms with Gasteiger partial charge in [-0.05, 0) is 48.5 Å². The summed E-state index contributed by atoms with van der Waals surface area (Å²) >= 11 is 0. The molecule has 0 unspecified atom stereocenters. The van der Waals surface area contributed by atoms with Crippen LogP contribution in [0.25, 0.3) is 0 Å². The van der Waals surface area contributed by atoms with E-state index in [2.05, 4.69) is 34.4 Å².